The number of unbranched alkanes of at least 4 members (excludes halogenated alkanes) is 6. The number of halogens is 1. The molecule has 0 N–H and O–H groups in total. The lowest BCUT2D eigenvalue weighted by Gasteiger charge is -2.18. The maximum Gasteiger partial charge on any atom is 0.173 e. The van der Waals surface area contributed by atoms with E-state index in [-0.39, 0.29) is 17.0 Å². The predicted molar refractivity (Wildman–Crippen MR) is 233 cm³/mol. The van der Waals surface area contributed by atoms with Crippen molar-refractivity contribution < 1.29 is 30.7 Å². The van der Waals surface area contributed by atoms with E-state index in [1.165, 1.54) is 152 Å². The minimum absolute atomic E-state index is 0. The van der Waals surface area contributed by atoms with Crippen molar-refractivity contribution >= 4 is 0 Å². The molecule has 58 heavy (non-hydrogen) atoms. The molecule has 7 heteroatoms. The second kappa shape index (κ2) is 23.1. The van der Waals surface area contributed by atoms with Crippen molar-refractivity contribution in [2.75, 3.05) is 40.8 Å². The van der Waals surface area contributed by atoms with Gasteiger partial charge in [-0.25, -0.2) is 13.7 Å². The van der Waals surface area contributed by atoms with Crippen molar-refractivity contribution in [3.63, 3.8) is 0 Å². The maximum absolute atomic E-state index is 2.56. The fourth-order valence-electron chi connectivity index (χ4n) is 10.3. The molecule has 0 aliphatic carbocycles. The molecule has 3 fully saturated rings. The molecule has 4 aromatic rings. The number of rotatable bonds is 21. The zero-order valence-corrected chi connectivity index (χ0v) is 38.0. The molecule has 6 heterocycles. The van der Waals surface area contributed by atoms with Crippen LogP contribution in [0.5, 0.6) is 0 Å². The lowest BCUT2D eigenvalue weighted by atomic mass is 9.95. The Morgan fingerprint density at radius 2 is 0.759 bits per heavy atom. The number of likely N-dealkylation sites (tertiary alicyclic amines) is 3. The van der Waals surface area contributed by atoms with Crippen molar-refractivity contribution in [1.82, 2.24) is 14.7 Å². The van der Waals surface area contributed by atoms with Gasteiger partial charge >= 0.3 is 0 Å². The van der Waals surface area contributed by atoms with Crippen LogP contribution in [0, 0.1) is 0 Å². The van der Waals surface area contributed by atoms with Crippen LogP contribution in [0.2, 0.25) is 0 Å². The van der Waals surface area contributed by atoms with Crippen LogP contribution in [0.1, 0.15) is 148 Å². The van der Waals surface area contributed by atoms with Crippen molar-refractivity contribution in [2.45, 2.75) is 153 Å². The van der Waals surface area contributed by atoms with Gasteiger partial charge in [-0.15, -0.1) is 0 Å². The highest BCUT2D eigenvalue weighted by Gasteiger charge is 2.26. The molecule has 0 spiro atoms. The van der Waals surface area contributed by atoms with Gasteiger partial charge in [-0.3, -0.25) is 14.7 Å². The Kier molecular flexibility index (Phi) is 17.8. The van der Waals surface area contributed by atoms with E-state index in [2.05, 4.69) is 141 Å². The lowest BCUT2D eigenvalue weighted by Crippen LogP contribution is -3.00. The van der Waals surface area contributed by atoms with Crippen LogP contribution >= 0.6 is 0 Å². The molecular weight excluding hydrogens is 777 g/mol. The van der Waals surface area contributed by atoms with Gasteiger partial charge in [0.25, 0.3) is 0 Å². The molecule has 0 saturated carbocycles. The van der Waals surface area contributed by atoms with Crippen molar-refractivity contribution in [3.8, 4) is 0 Å². The molecule has 1 aromatic carbocycles. The first-order valence-electron chi connectivity index (χ1n) is 23.2. The minimum atomic E-state index is 0. The fourth-order valence-corrected chi connectivity index (χ4v) is 10.3. The standard InChI is InChI=1S/C51H75N6.BrH/c1-52-28-16-25-49(52)46-22-13-34-55(40-46)31-10-4-7-19-43-37-44(20-8-5-11-32-56-35-14-23-47(41-56)50-26-17-29-53(50)2)39-45(38-43)21-9-6-12-33-57-36-15-24-48(42-57)51-27-18-30-54(51)3;/h13-15,22-24,34-42,49-51H,4-12,16-21,25-33H2,1-3H3;1H/q+3;/p-1. The molecule has 3 saturated heterocycles. The number of aromatic nitrogens is 3. The third-order valence-corrected chi connectivity index (χ3v) is 13.6. The fraction of sp³-hybridized carbons (Fsp3) is 0.588. The number of pyridine rings is 3. The van der Waals surface area contributed by atoms with Crippen LogP contribution in [0.4, 0.5) is 0 Å². The highest BCUT2D eigenvalue weighted by atomic mass is 79.9. The van der Waals surface area contributed by atoms with Gasteiger partial charge in [0.1, 0.15) is 19.6 Å². The third kappa shape index (κ3) is 13.0. The smallest absolute Gasteiger partial charge is 0.173 e. The Morgan fingerprint density at radius 3 is 1.03 bits per heavy atom. The van der Waals surface area contributed by atoms with Crippen LogP contribution in [-0.4, -0.2) is 55.5 Å². The molecule has 0 amide bonds. The van der Waals surface area contributed by atoms with Gasteiger partial charge in [-0.05, 0) is 172 Å². The van der Waals surface area contributed by atoms with Gasteiger partial charge in [-0.2, -0.15) is 0 Å². The zero-order valence-electron chi connectivity index (χ0n) is 36.4. The molecule has 0 radical (unpaired) electrons. The summed E-state index contributed by atoms with van der Waals surface area (Å²) in [5.74, 6) is 0. The average Bonchev–Trinajstić information content (AvgIpc) is 3.98. The van der Waals surface area contributed by atoms with Crippen LogP contribution in [-0.2, 0) is 38.9 Å². The van der Waals surface area contributed by atoms with E-state index in [0.717, 1.165) is 19.6 Å². The summed E-state index contributed by atoms with van der Waals surface area (Å²) in [6, 6.07) is 23.2. The van der Waals surface area contributed by atoms with Gasteiger partial charge in [-0.1, -0.05) is 18.2 Å². The maximum atomic E-state index is 2.56. The first kappa shape index (κ1) is 44.6. The summed E-state index contributed by atoms with van der Waals surface area (Å²) in [7, 11) is 6.84. The average molecular weight is 852 g/mol. The summed E-state index contributed by atoms with van der Waals surface area (Å²) in [4.78, 5) is 7.56. The topological polar surface area (TPSA) is 21.4 Å². The van der Waals surface area contributed by atoms with Crippen molar-refractivity contribution in [2.24, 2.45) is 0 Å². The summed E-state index contributed by atoms with van der Waals surface area (Å²) >= 11 is 0. The van der Waals surface area contributed by atoms with Crippen molar-refractivity contribution in [3.05, 3.63) is 125 Å². The van der Waals surface area contributed by atoms with Crippen LogP contribution < -0.4 is 30.7 Å². The Morgan fingerprint density at radius 1 is 0.448 bits per heavy atom. The van der Waals surface area contributed by atoms with E-state index in [9.17, 15) is 0 Å². The predicted octanol–water partition coefficient (Wildman–Crippen LogP) is 6.09. The summed E-state index contributed by atoms with van der Waals surface area (Å²) in [5, 5.41) is 0. The van der Waals surface area contributed by atoms with E-state index < -0.39 is 0 Å². The van der Waals surface area contributed by atoms with Crippen LogP contribution in [0.25, 0.3) is 0 Å². The highest BCUT2D eigenvalue weighted by molar-refractivity contribution is 5.31. The number of nitrogens with zero attached hydrogens (tertiary/aromatic N) is 6. The molecule has 3 aromatic heterocycles. The zero-order chi connectivity index (χ0) is 39.2. The third-order valence-electron chi connectivity index (χ3n) is 13.6. The minimum Gasteiger partial charge on any atom is -1.00 e. The van der Waals surface area contributed by atoms with Crippen LogP contribution in [0.3, 0.4) is 0 Å². The van der Waals surface area contributed by atoms with E-state index in [1.807, 2.05) is 0 Å². The van der Waals surface area contributed by atoms with E-state index in [0.29, 0.717) is 18.1 Å². The Labute approximate surface area is 363 Å². The van der Waals surface area contributed by atoms with Crippen molar-refractivity contribution in [1.29, 1.82) is 0 Å². The molecule has 3 aliphatic heterocycles. The first-order valence-corrected chi connectivity index (χ1v) is 23.2. The van der Waals surface area contributed by atoms with E-state index in [1.54, 1.807) is 16.7 Å². The lowest BCUT2D eigenvalue weighted by molar-refractivity contribution is -0.698. The molecule has 7 rings (SSSR count). The summed E-state index contributed by atoms with van der Waals surface area (Å²) in [6.45, 7) is 7.04. The molecule has 3 unspecified atom stereocenters. The van der Waals surface area contributed by atoms with Gasteiger partial charge in [0.2, 0.25) is 0 Å². The Hall–Kier alpha value is -2.97. The molecule has 3 atom stereocenters. The Bertz CT molecular complexity index is 1610. The number of aryl methyl sites for hydroxylation is 6. The number of hydrogen-bond acceptors (Lipinski definition) is 3. The second-order valence-electron chi connectivity index (χ2n) is 18.1. The number of benzene rings is 1. The summed E-state index contributed by atoms with van der Waals surface area (Å²) in [6.07, 6.45) is 36.9. The van der Waals surface area contributed by atoms with Gasteiger partial charge in [0.15, 0.2) is 37.2 Å². The number of hydrogen-bond donors (Lipinski definition) is 0. The van der Waals surface area contributed by atoms with E-state index in [4.69, 9.17) is 0 Å². The normalized spacial score (nSPS) is 20.2. The Balaban J connectivity index is 0.00000567. The first-order chi connectivity index (χ1) is 28.0. The monoisotopic (exact) mass is 851 g/mol. The molecule has 0 bridgehead atoms. The molecule has 3 aliphatic rings. The largest absolute Gasteiger partial charge is 1.00 e. The van der Waals surface area contributed by atoms with Crippen LogP contribution in [0.15, 0.2) is 91.8 Å². The molecular formula is C51H75BrN6+2. The van der Waals surface area contributed by atoms with Gasteiger partial charge in [0.05, 0.1) is 0 Å². The molecule has 314 valence electrons. The van der Waals surface area contributed by atoms with Gasteiger partial charge in [0, 0.05) is 72.3 Å². The highest BCUT2D eigenvalue weighted by Crippen LogP contribution is 2.31. The van der Waals surface area contributed by atoms with Gasteiger partial charge < -0.3 is 17.0 Å². The second-order valence-corrected chi connectivity index (χ2v) is 18.1. The van der Waals surface area contributed by atoms with E-state index >= 15 is 0 Å². The summed E-state index contributed by atoms with van der Waals surface area (Å²) in [5.41, 5.74) is 9.16. The molecule has 6 nitrogen and oxygen atoms in total. The summed E-state index contributed by atoms with van der Waals surface area (Å²) < 4.78 is 7.31. The SMILES string of the molecule is CN1CCCC1c1ccc[n+](CCCCCc2cc(CCCCC[n+]3cccc(C4CCCN4C)c3)cc(CCCCC[n+]3cccc(C4CCCN4C)c3)c2)c1.[Br-]. The quantitative estimate of drug-likeness (QED) is 0.0749.